The van der Waals surface area contributed by atoms with Crippen molar-refractivity contribution in [2.24, 2.45) is 0 Å². The van der Waals surface area contributed by atoms with Crippen molar-refractivity contribution in [1.82, 2.24) is 5.32 Å². The highest BCUT2D eigenvalue weighted by Gasteiger charge is 1.96. The van der Waals surface area contributed by atoms with E-state index in [1.807, 2.05) is 18.8 Å². The Hall–Kier alpha value is -0.470. The van der Waals surface area contributed by atoms with Crippen molar-refractivity contribution < 1.29 is 0 Å². The molecule has 0 aliphatic heterocycles. The zero-order valence-electron chi connectivity index (χ0n) is 8.55. The monoisotopic (exact) mass is 195 g/mol. The summed E-state index contributed by atoms with van der Waals surface area (Å²) in [6.45, 7) is 5.38. The number of rotatable bonds is 4. The van der Waals surface area contributed by atoms with E-state index in [-0.39, 0.29) is 0 Å². The van der Waals surface area contributed by atoms with Gasteiger partial charge in [0.15, 0.2) is 0 Å². The van der Waals surface area contributed by atoms with Crippen molar-refractivity contribution in [2.45, 2.75) is 18.7 Å². The fourth-order valence-corrected chi connectivity index (χ4v) is 2.04. The maximum absolute atomic E-state index is 3.14. The number of hydrogen-bond acceptors (Lipinski definition) is 2. The summed E-state index contributed by atoms with van der Waals surface area (Å²) in [4.78, 5) is 1.37. The van der Waals surface area contributed by atoms with Crippen LogP contribution in [0.5, 0.6) is 0 Å². The lowest BCUT2D eigenvalue weighted by molar-refractivity contribution is 0.872. The van der Waals surface area contributed by atoms with Gasteiger partial charge in [-0.1, -0.05) is 6.07 Å². The molecule has 1 aromatic carbocycles. The zero-order valence-corrected chi connectivity index (χ0v) is 9.37. The molecule has 0 saturated carbocycles. The van der Waals surface area contributed by atoms with Crippen LogP contribution in [0.2, 0.25) is 0 Å². The first-order valence-electron chi connectivity index (χ1n) is 4.58. The van der Waals surface area contributed by atoms with Crippen molar-refractivity contribution in [3.05, 3.63) is 29.3 Å². The molecule has 0 bridgehead atoms. The molecule has 0 radical (unpaired) electrons. The van der Waals surface area contributed by atoms with Crippen LogP contribution < -0.4 is 5.32 Å². The van der Waals surface area contributed by atoms with Crippen LogP contribution in [0.15, 0.2) is 23.1 Å². The molecule has 1 rings (SSSR count). The molecule has 0 aliphatic rings. The lowest BCUT2D eigenvalue weighted by atomic mass is 10.1. The maximum atomic E-state index is 3.14. The van der Waals surface area contributed by atoms with Gasteiger partial charge in [0.25, 0.3) is 0 Å². The van der Waals surface area contributed by atoms with Crippen molar-refractivity contribution in [1.29, 1.82) is 0 Å². The third kappa shape index (κ3) is 3.41. The van der Waals surface area contributed by atoms with Crippen molar-refractivity contribution in [3.8, 4) is 0 Å². The van der Waals surface area contributed by atoms with E-state index in [1.54, 1.807) is 0 Å². The number of hydrogen-bond donors (Lipinski definition) is 1. The Morgan fingerprint density at radius 3 is 2.62 bits per heavy atom. The molecule has 0 amide bonds. The predicted octanol–water partition coefficient (Wildman–Crippen LogP) is 2.61. The Balaban J connectivity index is 2.53. The van der Waals surface area contributed by atoms with E-state index in [2.05, 4.69) is 37.4 Å². The minimum absolute atomic E-state index is 1.07. The Bertz CT molecular complexity index is 271. The van der Waals surface area contributed by atoms with Gasteiger partial charge in [-0.15, -0.1) is 11.8 Å². The Labute approximate surface area is 84.9 Å². The molecule has 0 aromatic heterocycles. The fraction of sp³-hybridized carbons (Fsp3) is 0.455. The number of nitrogens with one attached hydrogen (secondary N) is 1. The summed E-state index contributed by atoms with van der Waals surface area (Å²) in [6.07, 6.45) is 0. The molecule has 0 saturated heterocycles. The SMILES string of the molecule is CNCCSc1ccc(C)c(C)c1. The van der Waals surface area contributed by atoms with Crippen LogP contribution >= 0.6 is 11.8 Å². The lowest BCUT2D eigenvalue weighted by Crippen LogP contribution is -2.09. The first kappa shape index (κ1) is 10.6. The van der Waals surface area contributed by atoms with Gasteiger partial charge in [-0.25, -0.2) is 0 Å². The molecule has 1 aromatic rings. The first-order chi connectivity index (χ1) is 6.24. The third-order valence-electron chi connectivity index (χ3n) is 2.10. The van der Waals surface area contributed by atoms with E-state index in [0.29, 0.717) is 0 Å². The van der Waals surface area contributed by atoms with E-state index in [0.717, 1.165) is 12.3 Å². The molecule has 1 N–H and O–H groups in total. The number of aryl methyl sites for hydroxylation is 2. The van der Waals surface area contributed by atoms with Gasteiger partial charge >= 0.3 is 0 Å². The van der Waals surface area contributed by atoms with Crippen LogP contribution in [0.4, 0.5) is 0 Å². The summed E-state index contributed by atoms with van der Waals surface area (Å²) in [5.74, 6) is 1.14. The minimum Gasteiger partial charge on any atom is -0.319 e. The van der Waals surface area contributed by atoms with Crippen LogP contribution in [-0.2, 0) is 0 Å². The summed E-state index contributed by atoms with van der Waals surface area (Å²) >= 11 is 1.91. The Kier molecular flexibility index (Phi) is 4.33. The molecule has 0 aliphatic carbocycles. The average molecular weight is 195 g/mol. The largest absolute Gasteiger partial charge is 0.319 e. The van der Waals surface area contributed by atoms with Crippen LogP contribution in [-0.4, -0.2) is 19.3 Å². The second kappa shape index (κ2) is 5.30. The standard InChI is InChI=1S/C11H17NS/c1-9-4-5-11(8-10(9)2)13-7-6-12-3/h4-5,8,12H,6-7H2,1-3H3. The lowest BCUT2D eigenvalue weighted by Gasteiger charge is -2.04. The minimum atomic E-state index is 1.07. The first-order valence-corrected chi connectivity index (χ1v) is 5.57. The molecular weight excluding hydrogens is 178 g/mol. The second-order valence-electron chi connectivity index (χ2n) is 3.20. The van der Waals surface area contributed by atoms with Gasteiger partial charge in [-0.05, 0) is 44.2 Å². The van der Waals surface area contributed by atoms with Gasteiger partial charge < -0.3 is 5.32 Å². The molecule has 0 fully saturated rings. The summed E-state index contributed by atoms with van der Waals surface area (Å²) in [5, 5.41) is 3.14. The molecule has 2 heteroatoms. The van der Waals surface area contributed by atoms with Crippen molar-refractivity contribution in [3.63, 3.8) is 0 Å². The van der Waals surface area contributed by atoms with E-state index >= 15 is 0 Å². The van der Waals surface area contributed by atoms with E-state index in [4.69, 9.17) is 0 Å². The maximum Gasteiger partial charge on any atom is 0.0105 e. The molecule has 0 atom stereocenters. The van der Waals surface area contributed by atoms with E-state index in [1.165, 1.54) is 16.0 Å². The van der Waals surface area contributed by atoms with Gasteiger partial charge in [0, 0.05) is 17.2 Å². The summed E-state index contributed by atoms with van der Waals surface area (Å²) in [7, 11) is 1.99. The molecule has 72 valence electrons. The number of benzene rings is 1. The van der Waals surface area contributed by atoms with E-state index in [9.17, 15) is 0 Å². The summed E-state index contributed by atoms with van der Waals surface area (Å²) < 4.78 is 0. The van der Waals surface area contributed by atoms with Crippen molar-refractivity contribution in [2.75, 3.05) is 19.3 Å². The highest BCUT2D eigenvalue weighted by Crippen LogP contribution is 2.20. The molecular formula is C11H17NS. The fourth-order valence-electron chi connectivity index (χ4n) is 1.07. The highest BCUT2D eigenvalue weighted by molar-refractivity contribution is 7.99. The van der Waals surface area contributed by atoms with Crippen molar-refractivity contribution >= 4 is 11.8 Å². The normalized spacial score (nSPS) is 10.4. The third-order valence-corrected chi connectivity index (χ3v) is 3.09. The Morgan fingerprint density at radius 2 is 2.00 bits per heavy atom. The van der Waals surface area contributed by atoms with E-state index < -0.39 is 0 Å². The highest BCUT2D eigenvalue weighted by atomic mass is 32.2. The van der Waals surface area contributed by atoms with Gasteiger partial charge in [0.2, 0.25) is 0 Å². The average Bonchev–Trinajstić information content (AvgIpc) is 2.12. The predicted molar refractivity (Wildman–Crippen MR) is 60.6 cm³/mol. The van der Waals surface area contributed by atoms with Crippen LogP contribution in [0.1, 0.15) is 11.1 Å². The second-order valence-corrected chi connectivity index (χ2v) is 4.37. The van der Waals surface area contributed by atoms with Crippen LogP contribution in [0.25, 0.3) is 0 Å². The van der Waals surface area contributed by atoms with Gasteiger partial charge in [-0.2, -0.15) is 0 Å². The Morgan fingerprint density at radius 1 is 1.23 bits per heavy atom. The van der Waals surface area contributed by atoms with Gasteiger partial charge in [-0.3, -0.25) is 0 Å². The van der Waals surface area contributed by atoms with Gasteiger partial charge in [0.05, 0.1) is 0 Å². The zero-order chi connectivity index (χ0) is 9.68. The molecule has 13 heavy (non-hydrogen) atoms. The van der Waals surface area contributed by atoms with Gasteiger partial charge in [0.1, 0.15) is 0 Å². The van der Waals surface area contributed by atoms with Crippen LogP contribution in [0.3, 0.4) is 0 Å². The topological polar surface area (TPSA) is 12.0 Å². The molecule has 0 heterocycles. The quantitative estimate of drug-likeness (QED) is 0.585. The molecule has 0 unspecified atom stereocenters. The number of thioether (sulfide) groups is 1. The molecule has 1 nitrogen and oxygen atoms in total. The smallest absolute Gasteiger partial charge is 0.0105 e. The molecule has 0 spiro atoms. The summed E-state index contributed by atoms with van der Waals surface area (Å²) in [5.41, 5.74) is 2.76. The summed E-state index contributed by atoms with van der Waals surface area (Å²) in [6, 6.07) is 6.65. The van der Waals surface area contributed by atoms with Crippen LogP contribution in [0, 0.1) is 13.8 Å².